The minimum Gasteiger partial charge on any atom is -0.478 e. The molecule has 0 spiro atoms. The van der Waals surface area contributed by atoms with Gasteiger partial charge >= 0.3 is 5.97 Å². The Kier molecular flexibility index (Phi) is 8.97. The van der Waals surface area contributed by atoms with Gasteiger partial charge in [-0.3, -0.25) is 19.9 Å². The van der Waals surface area contributed by atoms with Gasteiger partial charge in [-0.2, -0.15) is 0 Å². The van der Waals surface area contributed by atoms with Crippen molar-refractivity contribution in [3.05, 3.63) is 64.7 Å². The number of carboxylic acids is 1. The van der Waals surface area contributed by atoms with Gasteiger partial charge in [-0.25, -0.2) is 9.80 Å². The van der Waals surface area contributed by atoms with Crippen LogP contribution in [-0.2, 0) is 22.7 Å². The molecule has 0 radical (unpaired) electrons. The Morgan fingerprint density at radius 1 is 1.03 bits per heavy atom. The van der Waals surface area contributed by atoms with E-state index in [0.717, 1.165) is 5.56 Å². The van der Waals surface area contributed by atoms with E-state index in [-0.39, 0.29) is 36.5 Å². The van der Waals surface area contributed by atoms with Crippen LogP contribution in [0.1, 0.15) is 40.9 Å². The van der Waals surface area contributed by atoms with Crippen molar-refractivity contribution in [1.82, 2.24) is 20.7 Å². The maximum Gasteiger partial charge on any atom is 0.335 e. The minimum absolute atomic E-state index is 0.0152. The van der Waals surface area contributed by atoms with E-state index in [0.29, 0.717) is 31.9 Å². The normalized spacial score (nSPS) is 13.1. The van der Waals surface area contributed by atoms with E-state index in [1.54, 1.807) is 23.0 Å². The first kappa shape index (κ1) is 26.3. The zero-order chi connectivity index (χ0) is 25.5. The zero-order valence-electron chi connectivity index (χ0n) is 20.9. The lowest BCUT2D eigenvalue weighted by atomic mass is 10.1. The molecule has 3 rings (SSSR count). The van der Waals surface area contributed by atoms with Crippen molar-refractivity contribution in [3.8, 4) is 0 Å². The van der Waals surface area contributed by atoms with E-state index in [1.165, 1.54) is 23.3 Å². The number of fused-ring (bicyclic) bond motifs is 1. The van der Waals surface area contributed by atoms with Crippen LogP contribution in [0, 0.1) is 6.92 Å². The molecular formula is C26H35N5O4. The number of carboxylic acid groups (broad SMARTS) is 1. The number of hydrogen-bond acceptors (Lipinski definition) is 6. The Hall–Kier alpha value is -3.27. The molecule has 1 heterocycles. The van der Waals surface area contributed by atoms with E-state index in [1.807, 2.05) is 37.9 Å². The van der Waals surface area contributed by atoms with E-state index < -0.39 is 5.97 Å². The van der Waals surface area contributed by atoms with Crippen molar-refractivity contribution in [2.24, 2.45) is 0 Å². The number of amides is 2. The minimum atomic E-state index is -1.05. The summed E-state index contributed by atoms with van der Waals surface area (Å²) in [5.74, 6) is -1.41. The number of carbonyl (C=O) groups excluding carboxylic acids is 2. The summed E-state index contributed by atoms with van der Waals surface area (Å²) in [6, 6.07) is 13.1. The van der Waals surface area contributed by atoms with Crippen molar-refractivity contribution in [2.45, 2.75) is 39.9 Å². The van der Waals surface area contributed by atoms with Crippen molar-refractivity contribution in [1.29, 1.82) is 0 Å². The molecule has 2 amide bonds. The molecule has 2 aromatic rings. The number of hydrogen-bond donors (Lipinski definition) is 3. The first-order valence-electron chi connectivity index (χ1n) is 11.8. The lowest BCUT2D eigenvalue weighted by Crippen LogP contribution is -2.47. The number of rotatable bonds is 11. The number of benzene rings is 2. The van der Waals surface area contributed by atoms with E-state index in [9.17, 15) is 19.5 Å². The Balaban J connectivity index is 1.60. The number of anilines is 1. The van der Waals surface area contributed by atoms with Crippen LogP contribution in [0.2, 0.25) is 0 Å². The maximum atomic E-state index is 13.2. The first-order chi connectivity index (χ1) is 16.7. The summed E-state index contributed by atoms with van der Waals surface area (Å²) >= 11 is 0. The van der Waals surface area contributed by atoms with Crippen molar-refractivity contribution >= 4 is 23.5 Å². The molecule has 0 aromatic heterocycles. The maximum absolute atomic E-state index is 13.2. The van der Waals surface area contributed by atoms with E-state index in [2.05, 4.69) is 22.8 Å². The topological polar surface area (TPSA) is 105 Å². The average Bonchev–Trinajstić information content (AvgIpc) is 3.25. The van der Waals surface area contributed by atoms with Gasteiger partial charge in [-0.05, 0) is 35.7 Å². The summed E-state index contributed by atoms with van der Waals surface area (Å²) in [6.07, 6.45) is 0. The Morgan fingerprint density at radius 2 is 1.66 bits per heavy atom. The fourth-order valence-corrected chi connectivity index (χ4v) is 4.05. The fourth-order valence-electron chi connectivity index (χ4n) is 4.05. The highest BCUT2D eigenvalue weighted by molar-refractivity contribution is 5.97. The van der Waals surface area contributed by atoms with Crippen LogP contribution in [0.4, 0.5) is 5.69 Å². The van der Waals surface area contributed by atoms with Crippen LogP contribution in [0.15, 0.2) is 42.5 Å². The molecule has 1 aliphatic rings. The van der Waals surface area contributed by atoms with Gasteiger partial charge in [0.05, 0.1) is 18.7 Å². The van der Waals surface area contributed by atoms with E-state index in [4.69, 9.17) is 0 Å². The second-order valence-electron chi connectivity index (χ2n) is 9.07. The third-order valence-electron chi connectivity index (χ3n) is 6.10. The largest absolute Gasteiger partial charge is 0.478 e. The number of nitrogens with one attached hydrogen (secondary N) is 2. The van der Waals surface area contributed by atoms with E-state index >= 15 is 0 Å². The zero-order valence-corrected chi connectivity index (χ0v) is 20.9. The summed E-state index contributed by atoms with van der Waals surface area (Å²) < 4.78 is 0. The lowest BCUT2D eigenvalue weighted by Gasteiger charge is -2.28. The SMILES string of the molecule is Cc1ccc(C(=O)O)cc1N(CCNC(C)C)C(=O)CNCC(=O)N(C)N1Cc2ccccc2C1. The molecular weight excluding hydrogens is 446 g/mol. The predicted molar refractivity (Wildman–Crippen MR) is 135 cm³/mol. The van der Waals surface area contributed by atoms with Crippen LogP contribution in [0.5, 0.6) is 0 Å². The van der Waals surface area contributed by atoms with Crippen LogP contribution >= 0.6 is 0 Å². The molecule has 1 aliphatic heterocycles. The highest BCUT2D eigenvalue weighted by atomic mass is 16.4. The molecule has 0 unspecified atom stereocenters. The third-order valence-corrected chi connectivity index (χ3v) is 6.10. The molecule has 0 aliphatic carbocycles. The van der Waals surface area contributed by atoms with Gasteiger partial charge in [-0.1, -0.05) is 44.2 Å². The monoisotopic (exact) mass is 481 g/mol. The Bertz CT molecular complexity index is 1050. The van der Waals surface area contributed by atoms with Crippen LogP contribution in [-0.4, -0.2) is 72.2 Å². The molecule has 9 nitrogen and oxygen atoms in total. The first-order valence-corrected chi connectivity index (χ1v) is 11.8. The second-order valence-corrected chi connectivity index (χ2v) is 9.07. The molecule has 3 N–H and O–H groups in total. The predicted octanol–water partition coefficient (Wildman–Crippen LogP) is 2.00. The fraction of sp³-hybridized carbons (Fsp3) is 0.423. The van der Waals surface area contributed by atoms with Gasteiger partial charge in [0.25, 0.3) is 5.91 Å². The van der Waals surface area contributed by atoms with Crippen molar-refractivity contribution in [2.75, 3.05) is 38.1 Å². The molecule has 188 valence electrons. The van der Waals surface area contributed by atoms with Gasteiger partial charge in [0.1, 0.15) is 0 Å². The number of aromatic carboxylic acids is 1. The smallest absolute Gasteiger partial charge is 0.335 e. The molecule has 0 fully saturated rings. The molecule has 9 heteroatoms. The summed E-state index contributed by atoms with van der Waals surface area (Å²) in [5, 5.41) is 19.2. The highest BCUT2D eigenvalue weighted by Gasteiger charge is 2.25. The highest BCUT2D eigenvalue weighted by Crippen LogP contribution is 2.23. The van der Waals surface area contributed by atoms with Crippen molar-refractivity contribution < 1.29 is 19.5 Å². The van der Waals surface area contributed by atoms with Gasteiger partial charge in [0.2, 0.25) is 5.91 Å². The number of aryl methyl sites for hydroxylation is 1. The number of hydrazine groups is 1. The quantitative estimate of drug-likeness (QED) is 0.451. The lowest BCUT2D eigenvalue weighted by molar-refractivity contribution is -0.145. The summed E-state index contributed by atoms with van der Waals surface area (Å²) in [6.45, 7) is 8.13. The molecule has 0 saturated heterocycles. The second kappa shape index (κ2) is 11.9. The number of likely N-dealkylation sites (N-methyl/N-ethyl adjacent to an activating group) is 1. The summed E-state index contributed by atoms with van der Waals surface area (Å²) in [4.78, 5) is 39.0. The standard InChI is InChI=1S/C26H35N5O4/c1-18(2)28-11-12-31(23-13-20(26(34)35)10-9-19(23)3)25(33)15-27-14-24(32)29(4)30-16-21-7-5-6-8-22(21)17-30/h5-10,13,18,27-28H,11-12,14-17H2,1-4H3,(H,34,35). The number of carbonyl (C=O) groups is 3. The van der Waals surface area contributed by atoms with Crippen LogP contribution in [0.25, 0.3) is 0 Å². The van der Waals surface area contributed by atoms with Gasteiger partial charge < -0.3 is 15.3 Å². The van der Waals surface area contributed by atoms with Gasteiger partial charge in [-0.15, -0.1) is 0 Å². The van der Waals surface area contributed by atoms with Crippen LogP contribution < -0.4 is 15.5 Å². The van der Waals surface area contributed by atoms with Gasteiger partial charge in [0.15, 0.2) is 0 Å². The molecule has 0 saturated carbocycles. The van der Waals surface area contributed by atoms with Gasteiger partial charge in [0, 0.05) is 45.0 Å². The Labute approximate surface area is 206 Å². The summed E-state index contributed by atoms with van der Waals surface area (Å²) in [5.41, 5.74) is 3.90. The molecule has 0 bridgehead atoms. The summed E-state index contributed by atoms with van der Waals surface area (Å²) in [7, 11) is 1.74. The number of nitrogens with zero attached hydrogens (tertiary/aromatic N) is 3. The third kappa shape index (κ3) is 6.88. The molecule has 2 aromatic carbocycles. The molecule has 35 heavy (non-hydrogen) atoms. The van der Waals surface area contributed by atoms with Crippen molar-refractivity contribution in [3.63, 3.8) is 0 Å². The average molecular weight is 482 g/mol. The van der Waals surface area contributed by atoms with Crippen LogP contribution in [0.3, 0.4) is 0 Å². The molecule has 0 atom stereocenters. The Morgan fingerprint density at radius 3 is 2.26 bits per heavy atom.